The van der Waals surface area contributed by atoms with Gasteiger partial charge in [0.1, 0.15) is 11.8 Å². The van der Waals surface area contributed by atoms with Crippen molar-refractivity contribution < 1.29 is 23.2 Å². The monoisotopic (exact) mass is 236 g/mol. The second-order valence-corrected chi connectivity index (χ2v) is 3.02. The van der Waals surface area contributed by atoms with Gasteiger partial charge in [-0.15, -0.1) is 0 Å². The van der Waals surface area contributed by atoms with Crippen LogP contribution in [0.3, 0.4) is 0 Å². The zero-order chi connectivity index (χ0) is 12.5. The number of nitrogens with two attached hydrogens (primary N) is 1. The lowest BCUT2D eigenvalue weighted by atomic mass is 10.1. The Hall–Kier alpha value is -1.83. The van der Waals surface area contributed by atoms with Gasteiger partial charge < -0.3 is 10.8 Å². The summed E-state index contributed by atoms with van der Waals surface area (Å²) in [5.41, 5.74) is 3.55. The molecule has 88 valence electrons. The Bertz CT molecular complexity index is 419. The van der Waals surface area contributed by atoms with E-state index >= 15 is 0 Å². The minimum Gasteiger partial charge on any atom is -0.508 e. The lowest BCUT2D eigenvalue weighted by molar-refractivity contribution is -0.385. The van der Waals surface area contributed by atoms with E-state index in [0.717, 1.165) is 12.1 Å². The van der Waals surface area contributed by atoms with Crippen LogP contribution < -0.4 is 5.73 Å². The fourth-order valence-corrected chi connectivity index (χ4v) is 1.08. The molecule has 1 aromatic carbocycles. The summed E-state index contributed by atoms with van der Waals surface area (Å²) < 4.78 is 36.7. The quantitative estimate of drug-likeness (QED) is 0.605. The van der Waals surface area contributed by atoms with E-state index in [9.17, 15) is 23.3 Å². The van der Waals surface area contributed by atoms with E-state index in [1.54, 1.807) is 0 Å². The third-order valence-electron chi connectivity index (χ3n) is 1.91. The molecule has 0 saturated heterocycles. The highest BCUT2D eigenvalue weighted by Crippen LogP contribution is 2.36. The minimum absolute atomic E-state index is 0.563. The van der Waals surface area contributed by atoms with E-state index in [2.05, 4.69) is 0 Å². The molecule has 0 aliphatic rings. The normalized spacial score (nSPS) is 13.5. The average molecular weight is 236 g/mol. The molecule has 0 amide bonds. The van der Waals surface area contributed by atoms with Crippen molar-refractivity contribution in [2.45, 2.75) is 12.2 Å². The summed E-state index contributed by atoms with van der Waals surface area (Å²) in [7, 11) is 0. The van der Waals surface area contributed by atoms with Crippen LogP contribution in [0.25, 0.3) is 0 Å². The molecule has 0 aromatic heterocycles. The number of phenols is 1. The number of hydrogen-bond donors (Lipinski definition) is 2. The maximum absolute atomic E-state index is 12.2. The molecule has 0 unspecified atom stereocenters. The van der Waals surface area contributed by atoms with Gasteiger partial charge in [0.25, 0.3) is 5.69 Å². The first-order chi connectivity index (χ1) is 7.23. The maximum Gasteiger partial charge on any atom is 0.407 e. The topological polar surface area (TPSA) is 89.4 Å². The van der Waals surface area contributed by atoms with Crippen molar-refractivity contribution in [3.8, 4) is 5.75 Å². The van der Waals surface area contributed by atoms with Crippen molar-refractivity contribution in [3.63, 3.8) is 0 Å². The van der Waals surface area contributed by atoms with Crippen LogP contribution in [-0.4, -0.2) is 16.2 Å². The highest BCUT2D eigenvalue weighted by molar-refractivity contribution is 5.45. The van der Waals surface area contributed by atoms with Crippen molar-refractivity contribution in [2.24, 2.45) is 5.73 Å². The number of benzene rings is 1. The summed E-state index contributed by atoms with van der Waals surface area (Å²) >= 11 is 0. The van der Waals surface area contributed by atoms with Crippen LogP contribution in [0, 0.1) is 10.1 Å². The van der Waals surface area contributed by atoms with E-state index in [1.807, 2.05) is 0 Å². The van der Waals surface area contributed by atoms with Gasteiger partial charge in [-0.3, -0.25) is 10.1 Å². The number of phenolic OH excluding ortho intramolecular Hbond substituents is 1. The molecule has 5 nitrogen and oxygen atoms in total. The van der Waals surface area contributed by atoms with Crippen molar-refractivity contribution in [2.75, 3.05) is 0 Å². The van der Waals surface area contributed by atoms with Crippen LogP contribution >= 0.6 is 0 Å². The zero-order valence-corrected chi connectivity index (χ0v) is 7.73. The number of nitro benzene ring substituents is 1. The summed E-state index contributed by atoms with van der Waals surface area (Å²) in [5, 5.41) is 19.5. The second-order valence-electron chi connectivity index (χ2n) is 3.02. The van der Waals surface area contributed by atoms with E-state index in [-0.39, 0.29) is 0 Å². The van der Waals surface area contributed by atoms with Crippen LogP contribution in [0.2, 0.25) is 0 Å². The Morgan fingerprint density at radius 3 is 2.44 bits per heavy atom. The van der Waals surface area contributed by atoms with Crippen LogP contribution in [0.1, 0.15) is 11.6 Å². The molecule has 0 radical (unpaired) electrons. The smallest absolute Gasteiger partial charge is 0.407 e. The molecule has 0 heterocycles. The summed E-state index contributed by atoms with van der Waals surface area (Å²) in [4.78, 5) is 9.47. The van der Waals surface area contributed by atoms with Crippen molar-refractivity contribution >= 4 is 5.69 Å². The Morgan fingerprint density at radius 2 is 2.00 bits per heavy atom. The maximum atomic E-state index is 12.2. The average Bonchev–Trinajstić information content (AvgIpc) is 2.15. The SMILES string of the molecule is N[C@@H](c1cc([N+](=O)[O-])ccc1O)C(F)(F)F. The molecule has 8 heteroatoms. The first-order valence-corrected chi connectivity index (χ1v) is 4.03. The highest BCUT2D eigenvalue weighted by atomic mass is 19.4. The van der Waals surface area contributed by atoms with Gasteiger partial charge in [0, 0.05) is 17.7 Å². The second kappa shape index (κ2) is 3.97. The molecule has 0 saturated carbocycles. The Balaban J connectivity index is 3.22. The molecule has 0 aliphatic carbocycles. The lowest BCUT2D eigenvalue weighted by Crippen LogP contribution is -2.28. The van der Waals surface area contributed by atoms with Gasteiger partial charge in [-0.05, 0) is 6.07 Å². The molecule has 0 fully saturated rings. The van der Waals surface area contributed by atoms with E-state index in [0.29, 0.717) is 6.07 Å². The Kier molecular flexibility index (Phi) is 3.04. The van der Waals surface area contributed by atoms with E-state index in [1.165, 1.54) is 0 Å². The van der Waals surface area contributed by atoms with Gasteiger partial charge in [-0.1, -0.05) is 0 Å². The van der Waals surface area contributed by atoms with Gasteiger partial charge in [0.15, 0.2) is 0 Å². The van der Waals surface area contributed by atoms with Gasteiger partial charge in [-0.2, -0.15) is 13.2 Å². The number of halogens is 3. The molecular weight excluding hydrogens is 229 g/mol. The van der Waals surface area contributed by atoms with Crippen molar-refractivity contribution in [1.82, 2.24) is 0 Å². The summed E-state index contributed by atoms with van der Waals surface area (Å²) in [6.45, 7) is 0. The molecule has 1 aromatic rings. The molecular formula is C8H7F3N2O3. The first kappa shape index (κ1) is 12.2. The Morgan fingerprint density at radius 1 is 1.44 bits per heavy atom. The van der Waals surface area contributed by atoms with E-state index < -0.39 is 34.1 Å². The standard InChI is InChI=1S/C8H7F3N2O3/c9-8(10,11)7(12)5-3-4(13(15)16)1-2-6(5)14/h1-3,7,14H,12H2/t7-/m0/s1. The number of nitrogens with zero attached hydrogens (tertiary/aromatic N) is 1. The highest BCUT2D eigenvalue weighted by Gasteiger charge is 2.39. The Labute approximate surface area is 87.4 Å². The number of nitro groups is 1. The van der Waals surface area contributed by atoms with E-state index in [4.69, 9.17) is 10.8 Å². The fraction of sp³-hybridized carbons (Fsp3) is 0.250. The van der Waals surface area contributed by atoms with Gasteiger partial charge in [0.05, 0.1) is 4.92 Å². The molecule has 0 spiro atoms. The van der Waals surface area contributed by atoms with Crippen molar-refractivity contribution in [1.29, 1.82) is 0 Å². The zero-order valence-electron chi connectivity index (χ0n) is 7.73. The van der Waals surface area contributed by atoms with Crippen LogP contribution in [0.5, 0.6) is 5.75 Å². The number of alkyl halides is 3. The molecule has 16 heavy (non-hydrogen) atoms. The van der Waals surface area contributed by atoms with Gasteiger partial charge in [-0.25, -0.2) is 0 Å². The largest absolute Gasteiger partial charge is 0.508 e. The van der Waals surface area contributed by atoms with Gasteiger partial charge >= 0.3 is 6.18 Å². The number of aromatic hydroxyl groups is 1. The van der Waals surface area contributed by atoms with Gasteiger partial charge in [0.2, 0.25) is 0 Å². The predicted octanol–water partition coefficient (Wildman–Crippen LogP) is 1.86. The summed E-state index contributed by atoms with van der Waals surface area (Å²) in [6.07, 6.45) is -4.77. The minimum atomic E-state index is -4.77. The summed E-state index contributed by atoms with van der Waals surface area (Å²) in [5.74, 6) is -0.726. The third kappa shape index (κ3) is 2.40. The van der Waals surface area contributed by atoms with Crippen LogP contribution in [-0.2, 0) is 0 Å². The number of non-ortho nitro benzene ring substituents is 1. The predicted molar refractivity (Wildman–Crippen MR) is 47.7 cm³/mol. The number of rotatable bonds is 2. The van der Waals surface area contributed by atoms with Crippen LogP contribution in [0.15, 0.2) is 18.2 Å². The molecule has 0 aliphatic heterocycles. The molecule has 1 rings (SSSR count). The molecule has 1 atom stereocenters. The molecule has 0 bridgehead atoms. The molecule has 3 N–H and O–H groups in total. The van der Waals surface area contributed by atoms with Crippen LogP contribution in [0.4, 0.5) is 18.9 Å². The first-order valence-electron chi connectivity index (χ1n) is 4.03. The summed E-state index contributed by atoms with van der Waals surface area (Å²) in [6, 6.07) is -0.151. The van der Waals surface area contributed by atoms with Crippen molar-refractivity contribution in [3.05, 3.63) is 33.9 Å². The fourth-order valence-electron chi connectivity index (χ4n) is 1.08. The third-order valence-corrected chi connectivity index (χ3v) is 1.91. The number of hydrogen-bond acceptors (Lipinski definition) is 4. The lowest BCUT2D eigenvalue weighted by Gasteiger charge is -2.16.